The molecule has 3 atom stereocenters. The number of nitrogens with zero attached hydrogens (tertiary/aromatic N) is 4. The van der Waals surface area contributed by atoms with E-state index in [1.807, 2.05) is 62.2 Å². The molecule has 8 rings (SSSR count). The second-order valence-electron chi connectivity index (χ2n) is 17.3. The number of nitrogens with one attached hydrogen (secondary N) is 4. The average Bonchev–Trinajstić information content (AvgIpc) is 4.12. The van der Waals surface area contributed by atoms with Crippen molar-refractivity contribution >= 4 is 24.0 Å². The van der Waals surface area contributed by atoms with Crippen LogP contribution in [-0.4, -0.2) is 85.1 Å². The number of carbonyl (C=O) groups excluding carboxylic acids is 4. The first kappa shape index (κ1) is 41.3. The maximum atomic E-state index is 14.2. The molecule has 2 aromatic heterocycles. The number of aromatic nitrogens is 4. The van der Waals surface area contributed by atoms with Crippen LogP contribution in [0.2, 0.25) is 0 Å². The third kappa shape index (κ3) is 8.89. The Morgan fingerprint density at radius 2 is 1.21 bits per heavy atom. The predicted molar refractivity (Wildman–Crippen MR) is 230 cm³/mol. The molecule has 4 N–H and O–H groups in total. The van der Waals surface area contributed by atoms with E-state index in [0.29, 0.717) is 37.3 Å². The zero-order valence-corrected chi connectivity index (χ0v) is 35.2. The van der Waals surface area contributed by atoms with Gasteiger partial charge in [0.25, 0.3) is 5.91 Å². The number of alkyl carbamates (subject to hydrolysis) is 2. The maximum absolute atomic E-state index is 14.2. The van der Waals surface area contributed by atoms with Crippen molar-refractivity contribution in [3.8, 4) is 33.6 Å². The highest BCUT2D eigenvalue weighted by atomic mass is 16.6. The van der Waals surface area contributed by atoms with Gasteiger partial charge < -0.3 is 39.9 Å². The van der Waals surface area contributed by atoms with Gasteiger partial charge in [0.05, 0.1) is 43.0 Å². The lowest BCUT2D eigenvalue weighted by atomic mass is 9.95. The molecule has 3 aromatic carbocycles. The van der Waals surface area contributed by atoms with E-state index in [4.69, 9.17) is 19.4 Å². The van der Waals surface area contributed by atoms with Crippen LogP contribution in [0.1, 0.15) is 107 Å². The number of H-pyrrole nitrogens is 2. The van der Waals surface area contributed by atoms with Gasteiger partial charge in [0.1, 0.15) is 28.8 Å². The minimum atomic E-state index is -0.964. The summed E-state index contributed by atoms with van der Waals surface area (Å²) in [4.78, 5) is 73.2. The van der Waals surface area contributed by atoms with E-state index in [-0.39, 0.29) is 23.9 Å². The summed E-state index contributed by atoms with van der Waals surface area (Å²) in [6.45, 7) is 6.62. The molecule has 0 unspecified atom stereocenters. The van der Waals surface area contributed by atoms with Crippen LogP contribution in [-0.2, 0) is 19.1 Å². The smallest absolute Gasteiger partial charge is 0.408 e. The Bertz CT molecular complexity index is 2340. The van der Waals surface area contributed by atoms with E-state index in [0.717, 1.165) is 78.0 Å². The lowest BCUT2D eigenvalue weighted by Gasteiger charge is -2.36. The molecule has 3 fully saturated rings. The number of imidazole rings is 2. The highest BCUT2D eigenvalue weighted by molar-refractivity contribution is 5.91. The van der Waals surface area contributed by atoms with E-state index in [2.05, 4.69) is 69.1 Å². The summed E-state index contributed by atoms with van der Waals surface area (Å²) in [5, 5.41) is 5.69. The Morgan fingerprint density at radius 3 is 1.74 bits per heavy atom. The highest BCUT2D eigenvalue weighted by Gasteiger charge is 2.48. The lowest BCUT2D eigenvalue weighted by molar-refractivity contribution is -0.139. The zero-order chi connectivity index (χ0) is 42.7. The average molecular weight is 827 g/mol. The van der Waals surface area contributed by atoms with E-state index in [1.54, 1.807) is 11.1 Å². The monoisotopic (exact) mass is 826 g/mol. The Hall–Kier alpha value is -6.44. The number of aromatic amines is 2. The van der Waals surface area contributed by atoms with Gasteiger partial charge in [0, 0.05) is 13.1 Å². The van der Waals surface area contributed by atoms with Crippen LogP contribution in [0.4, 0.5) is 9.59 Å². The molecule has 14 nitrogen and oxygen atoms in total. The molecule has 0 bridgehead atoms. The molecule has 5 aromatic rings. The van der Waals surface area contributed by atoms with Crippen LogP contribution in [0, 0.1) is 0 Å². The summed E-state index contributed by atoms with van der Waals surface area (Å²) in [6.07, 6.45) is 8.55. The number of rotatable bonds is 10. The van der Waals surface area contributed by atoms with Crippen LogP contribution in [0.15, 0.2) is 91.3 Å². The van der Waals surface area contributed by atoms with Crippen LogP contribution >= 0.6 is 0 Å². The van der Waals surface area contributed by atoms with Gasteiger partial charge in [0.15, 0.2) is 0 Å². The van der Waals surface area contributed by atoms with Gasteiger partial charge in [-0.05, 0) is 87.1 Å². The van der Waals surface area contributed by atoms with Crippen molar-refractivity contribution in [2.24, 2.45) is 0 Å². The van der Waals surface area contributed by atoms with Crippen LogP contribution in [0.25, 0.3) is 33.6 Å². The number of methoxy groups -OCH3 is 1. The summed E-state index contributed by atoms with van der Waals surface area (Å²) in [5.74, 6) is 1.17. The van der Waals surface area contributed by atoms with Crippen molar-refractivity contribution in [3.63, 3.8) is 0 Å². The molecule has 318 valence electrons. The van der Waals surface area contributed by atoms with Crippen molar-refractivity contribution in [2.75, 3.05) is 20.2 Å². The number of carbonyl (C=O) groups is 4. The largest absolute Gasteiger partial charge is 0.453 e. The number of likely N-dealkylation sites (tertiary alicyclic amines) is 2. The van der Waals surface area contributed by atoms with E-state index in [1.165, 1.54) is 7.11 Å². The molecule has 2 aliphatic heterocycles. The lowest BCUT2D eigenvalue weighted by Crippen LogP contribution is -2.58. The molecule has 3 aliphatic rings. The molecule has 0 radical (unpaired) electrons. The highest BCUT2D eigenvalue weighted by Crippen LogP contribution is 2.39. The summed E-state index contributed by atoms with van der Waals surface area (Å²) in [6, 6.07) is 24.4. The Morgan fingerprint density at radius 1 is 0.705 bits per heavy atom. The van der Waals surface area contributed by atoms with Crippen molar-refractivity contribution in [1.82, 2.24) is 40.4 Å². The Labute approximate surface area is 355 Å². The SMILES string of the molecule is COC(=O)N[C@@H](C(=O)N1CCC[C@H]1c1ncc(-c2ccc(-c3ccc(-c4cnc([C@@H]5CCCN5C(=O)C5(NC(=O)OC(C)(C)C)CCCC5)[nH]4)cc3)cc2)[nH]1)c1ccccc1. The van der Waals surface area contributed by atoms with Gasteiger partial charge in [-0.1, -0.05) is 91.7 Å². The quantitative estimate of drug-likeness (QED) is 0.109. The summed E-state index contributed by atoms with van der Waals surface area (Å²) in [5.41, 5.74) is 4.83. The first-order valence-electron chi connectivity index (χ1n) is 21.2. The molecule has 1 aliphatic carbocycles. The minimum Gasteiger partial charge on any atom is -0.453 e. The molecule has 14 heteroatoms. The Balaban J connectivity index is 0.918. The zero-order valence-electron chi connectivity index (χ0n) is 35.2. The standard InChI is InChI=1S/C47H54N8O6/c1-46(2,3)61-45(59)53-47(24-8-9-25-47)43(57)55-27-11-15-38(55)41-49-29-36(51-41)33-22-18-31(19-23-33)30-16-20-32(21-17-30)35-28-48-40(50-35)37-14-10-26-54(37)42(56)39(52-44(58)60-4)34-12-6-5-7-13-34/h5-7,12-13,16-23,28-29,37-39H,8-11,14-15,24-27H2,1-4H3,(H,48,50)(H,49,51)(H,52,58)(H,53,59)/t37-,38-,39+/m0/s1. The fourth-order valence-electron chi connectivity index (χ4n) is 9.02. The number of benzene rings is 3. The number of ether oxygens (including phenoxy) is 2. The van der Waals surface area contributed by atoms with Crippen molar-refractivity contribution in [2.45, 2.75) is 101 Å². The Kier molecular flexibility index (Phi) is 11.7. The minimum absolute atomic E-state index is 0.0596. The number of hydrogen-bond donors (Lipinski definition) is 4. The summed E-state index contributed by atoms with van der Waals surface area (Å²) < 4.78 is 10.4. The van der Waals surface area contributed by atoms with Crippen LogP contribution in [0.5, 0.6) is 0 Å². The predicted octanol–water partition coefficient (Wildman–Crippen LogP) is 8.40. The van der Waals surface area contributed by atoms with Gasteiger partial charge in [-0.2, -0.15) is 0 Å². The molecule has 4 heterocycles. The molecule has 0 spiro atoms. The third-order valence-corrected chi connectivity index (χ3v) is 12.0. The first-order valence-corrected chi connectivity index (χ1v) is 21.2. The van der Waals surface area contributed by atoms with E-state index >= 15 is 0 Å². The topological polar surface area (TPSA) is 175 Å². The molecule has 1 saturated carbocycles. The van der Waals surface area contributed by atoms with E-state index < -0.39 is 29.4 Å². The van der Waals surface area contributed by atoms with E-state index in [9.17, 15) is 19.2 Å². The number of hydrogen-bond acceptors (Lipinski definition) is 8. The van der Waals surface area contributed by atoms with Crippen molar-refractivity contribution < 1.29 is 28.7 Å². The first-order chi connectivity index (χ1) is 29.4. The summed E-state index contributed by atoms with van der Waals surface area (Å²) in [7, 11) is 1.28. The summed E-state index contributed by atoms with van der Waals surface area (Å²) >= 11 is 0. The number of amides is 4. The van der Waals surface area contributed by atoms with Gasteiger partial charge in [0.2, 0.25) is 5.91 Å². The maximum Gasteiger partial charge on any atom is 0.408 e. The van der Waals surface area contributed by atoms with Crippen LogP contribution in [0.3, 0.4) is 0 Å². The molecule has 61 heavy (non-hydrogen) atoms. The second-order valence-corrected chi connectivity index (χ2v) is 17.3. The van der Waals surface area contributed by atoms with Gasteiger partial charge in [-0.15, -0.1) is 0 Å². The fraction of sp³-hybridized carbons (Fsp3) is 0.404. The van der Waals surface area contributed by atoms with Crippen LogP contribution < -0.4 is 10.6 Å². The molecule has 4 amide bonds. The normalized spacial score (nSPS) is 19.1. The fourth-order valence-corrected chi connectivity index (χ4v) is 9.02. The van der Waals surface area contributed by atoms with Gasteiger partial charge in [-0.3, -0.25) is 9.59 Å². The van der Waals surface area contributed by atoms with Crippen molar-refractivity contribution in [1.29, 1.82) is 0 Å². The van der Waals surface area contributed by atoms with Crippen molar-refractivity contribution in [3.05, 3.63) is 108 Å². The second kappa shape index (κ2) is 17.3. The third-order valence-electron chi connectivity index (χ3n) is 12.0. The molecule has 2 saturated heterocycles. The van der Waals surface area contributed by atoms with Gasteiger partial charge >= 0.3 is 12.2 Å². The molecular weight excluding hydrogens is 773 g/mol. The molecular formula is C47H54N8O6. The van der Waals surface area contributed by atoms with Gasteiger partial charge in [-0.25, -0.2) is 19.6 Å².